The smallest absolute Gasteiger partial charge is 0.390 e. The van der Waals surface area contributed by atoms with Crippen molar-refractivity contribution in [1.82, 2.24) is 4.98 Å². The third-order valence-electron chi connectivity index (χ3n) is 1.83. The predicted octanol–water partition coefficient (Wildman–Crippen LogP) is 2.41. The molecule has 9 heteroatoms. The van der Waals surface area contributed by atoms with Crippen LogP contribution in [0.2, 0.25) is 0 Å². The minimum Gasteiger partial charge on any atom is -0.476 e. The summed E-state index contributed by atoms with van der Waals surface area (Å²) in [6.07, 6.45) is -5.37. The number of carbonyl (C=O) groups is 2. The lowest BCUT2D eigenvalue weighted by atomic mass is 10.3. The monoisotopic (exact) mass is 282 g/mol. The van der Waals surface area contributed by atoms with Crippen LogP contribution in [0.15, 0.2) is 0 Å². The number of halogens is 3. The molecule has 1 rings (SSSR count). The van der Waals surface area contributed by atoms with Gasteiger partial charge in [0.25, 0.3) is 0 Å². The first-order chi connectivity index (χ1) is 8.20. The zero-order valence-corrected chi connectivity index (χ0v) is 9.98. The van der Waals surface area contributed by atoms with Gasteiger partial charge in [-0.2, -0.15) is 13.2 Å². The molecule has 5 nitrogen and oxygen atoms in total. The Morgan fingerprint density at radius 3 is 2.44 bits per heavy atom. The summed E-state index contributed by atoms with van der Waals surface area (Å²) < 4.78 is 35.7. The van der Waals surface area contributed by atoms with Crippen molar-refractivity contribution >= 4 is 28.2 Å². The molecule has 0 fully saturated rings. The summed E-state index contributed by atoms with van der Waals surface area (Å²) in [5.74, 6) is -1.88. The third kappa shape index (κ3) is 3.99. The SMILES string of the molecule is CC(=O)c1sc(NCCC(F)(F)F)nc1C(=O)O. The van der Waals surface area contributed by atoms with Gasteiger partial charge in [0, 0.05) is 13.5 Å². The molecule has 0 aliphatic heterocycles. The summed E-state index contributed by atoms with van der Waals surface area (Å²) in [4.78, 5) is 25.4. The molecule has 1 aromatic heterocycles. The van der Waals surface area contributed by atoms with Gasteiger partial charge in [-0.3, -0.25) is 4.79 Å². The molecule has 0 radical (unpaired) electrons. The van der Waals surface area contributed by atoms with Gasteiger partial charge in [0.15, 0.2) is 16.6 Å². The number of thiazole rings is 1. The van der Waals surface area contributed by atoms with Crippen LogP contribution in [-0.4, -0.2) is 34.6 Å². The normalized spacial score (nSPS) is 11.3. The minimum absolute atomic E-state index is 0.0122. The first kappa shape index (κ1) is 14.4. The maximum Gasteiger partial charge on any atom is 0.390 e. The number of hydrogen-bond acceptors (Lipinski definition) is 5. The van der Waals surface area contributed by atoms with Crippen molar-refractivity contribution in [3.63, 3.8) is 0 Å². The molecule has 100 valence electrons. The molecule has 0 unspecified atom stereocenters. The van der Waals surface area contributed by atoms with Crippen LogP contribution in [-0.2, 0) is 0 Å². The number of rotatable bonds is 5. The van der Waals surface area contributed by atoms with E-state index in [0.29, 0.717) is 0 Å². The summed E-state index contributed by atoms with van der Waals surface area (Å²) >= 11 is 0.727. The zero-order valence-electron chi connectivity index (χ0n) is 9.17. The van der Waals surface area contributed by atoms with Crippen LogP contribution < -0.4 is 5.32 Å². The Kier molecular flexibility index (Phi) is 4.28. The second-order valence-electron chi connectivity index (χ2n) is 3.35. The van der Waals surface area contributed by atoms with E-state index in [0.717, 1.165) is 11.3 Å². The van der Waals surface area contributed by atoms with Crippen LogP contribution >= 0.6 is 11.3 Å². The Bertz CT molecular complexity index is 439. The Morgan fingerprint density at radius 2 is 2.06 bits per heavy atom. The largest absolute Gasteiger partial charge is 0.476 e. The highest BCUT2D eigenvalue weighted by atomic mass is 32.1. The molecule has 0 amide bonds. The topological polar surface area (TPSA) is 79.3 Å². The summed E-state index contributed by atoms with van der Waals surface area (Å²) in [5.41, 5.74) is -0.443. The van der Waals surface area contributed by atoms with E-state index in [4.69, 9.17) is 5.11 Å². The lowest BCUT2D eigenvalue weighted by Crippen LogP contribution is -2.14. The fourth-order valence-corrected chi connectivity index (χ4v) is 1.97. The van der Waals surface area contributed by atoms with E-state index in [1.807, 2.05) is 0 Å². The molecule has 0 aliphatic carbocycles. The number of carboxylic acid groups (broad SMARTS) is 1. The lowest BCUT2D eigenvalue weighted by Gasteiger charge is -2.05. The first-order valence-corrected chi connectivity index (χ1v) is 5.58. The molecule has 0 aromatic carbocycles. The molecule has 0 bridgehead atoms. The van der Waals surface area contributed by atoms with Gasteiger partial charge in [-0.05, 0) is 0 Å². The fraction of sp³-hybridized carbons (Fsp3) is 0.444. The minimum atomic E-state index is -4.30. The van der Waals surface area contributed by atoms with Crippen LogP contribution in [0.1, 0.15) is 33.5 Å². The van der Waals surface area contributed by atoms with E-state index in [1.54, 1.807) is 0 Å². The molecular weight excluding hydrogens is 273 g/mol. The average molecular weight is 282 g/mol. The Hall–Kier alpha value is -1.64. The maximum absolute atomic E-state index is 11.9. The van der Waals surface area contributed by atoms with Crippen molar-refractivity contribution in [3.05, 3.63) is 10.6 Å². The Balaban J connectivity index is 2.76. The quantitative estimate of drug-likeness (QED) is 0.811. The number of nitrogens with zero attached hydrogens (tertiary/aromatic N) is 1. The number of carbonyl (C=O) groups excluding carboxylic acids is 1. The van der Waals surface area contributed by atoms with Crippen LogP contribution in [0.4, 0.5) is 18.3 Å². The maximum atomic E-state index is 11.9. The van der Waals surface area contributed by atoms with E-state index in [-0.39, 0.29) is 10.0 Å². The van der Waals surface area contributed by atoms with Gasteiger partial charge in [-0.25, -0.2) is 9.78 Å². The second kappa shape index (κ2) is 5.34. The van der Waals surface area contributed by atoms with Crippen molar-refractivity contribution < 1.29 is 27.9 Å². The molecule has 1 heterocycles. The number of hydrogen-bond donors (Lipinski definition) is 2. The highest BCUT2D eigenvalue weighted by Gasteiger charge is 2.27. The van der Waals surface area contributed by atoms with Gasteiger partial charge < -0.3 is 10.4 Å². The number of carboxylic acids is 1. The van der Waals surface area contributed by atoms with E-state index in [9.17, 15) is 22.8 Å². The van der Waals surface area contributed by atoms with Gasteiger partial charge >= 0.3 is 12.1 Å². The Labute approximate surface area is 104 Å². The van der Waals surface area contributed by atoms with Crippen molar-refractivity contribution in [3.8, 4) is 0 Å². The van der Waals surface area contributed by atoms with Crippen LogP contribution in [0.5, 0.6) is 0 Å². The van der Waals surface area contributed by atoms with Gasteiger partial charge in [-0.15, -0.1) is 0 Å². The molecule has 18 heavy (non-hydrogen) atoms. The van der Waals surface area contributed by atoms with Gasteiger partial charge in [0.1, 0.15) is 4.88 Å². The molecular formula is C9H9F3N2O3S. The highest BCUT2D eigenvalue weighted by Crippen LogP contribution is 2.25. The number of alkyl halides is 3. The van der Waals surface area contributed by atoms with E-state index in [1.165, 1.54) is 6.92 Å². The number of nitrogens with one attached hydrogen (secondary N) is 1. The van der Waals surface area contributed by atoms with Crippen LogP contribution in [0.25, 0.3) is 0 Å². The van der Waals surface area contributed by atoms with Crippen LogP contribution in [0, 0.1) is 0 Å². The summed E-state index contributed by atoms with van der Waals surface area (Å²) in [7, 11) is 0. The first-order valence-electron chi connectivity index (χ1n) is 4.76. The predicted molar refractivity (Wildman–Crippen MR) is 58.2 cm³/mol. The third-order valence-corrected chi connectivity index (χ3v) is 2.95. The summed E-state index contributed by atoms with van der Waals surface area (Å²) in [6.45, 7) is 0.743. The van der Waals surface area contributed by atoms with E-state index < -0.39 is 36.6 Å². The van der Waals surface area contributed by atoms with Crippen molar-refractivity contribution in [2.75, 3.05) is 11.9 Å². The van der Waals surface area contributed by atoms with Gasteiger partial charge in [0.2, 0.25) is 0 Å². The van der Waals surface area contributed by atoms with Gasteiger partial charge in [-0.1, -0.05) is 11.3 Å². The molecule has 0 aliphatic rings. The lowest BCUT2D eigenvalue weighted by molar-refractivity contribution is -0.131. The second-order valence-corrected chi connectivity index (χ2v) is 4.35. The molecule has 0 spiro atoms. The fourth-order valence-electron chi connectivity index (χ4n) is 1.09. The number of aromatic nitrogens is 1. The van der Waals surface area contributed by atoms with Crippen molar-refractivity contribution in [1.29, 1.82) is 0 Å². The standard InChI is InChI=1S/C9H9F3N2O3S/c1-4(15)6-5(7(16)17)14-8(18-6)13-3-2-9(10,11)12/h2-3H2,1H3,(H,13,14)(H,16,17). The molecule has 0 atom stereocenters. The van der Waals surface area contributed by atoms with E-state index >= 15 is 0 Å². The average Bonchev–Trinajstić information content (AvgIpc) is 2.60. The number of aromatic carboxylic acids is 1. The molecule has 2 N–H and O–H groups in total. The Morgan fingerprint density at radius 1 is 1.44 bits per heavy atom. The summed E-state index contributed by atoms with van der Waals surface area (Å²) in [6, 6.07) is 0. The zero-order chi connectivity index (χ0) is 13.9. The number of anilines is 1. The van der Waals surface area contributed by atoms with E-state index in [2.05, 4.69) is 10.3 Å². The molecule has 1 aromatic rings. The van der Waals surface area contributed by atoms with Crippen molar-refractivity contribution in [2.45, 2.75) is 19.5 Å². The molecule has 0 saturated heterocycles. The van der Waals surface area contributed by atoms with Crippen molar-refractivity contribution in [2.24, 2.45) is 0 Å². The number of ketones is 1. The summed E-state index contributed by atoms with van der Waals surface area (Å²) in [5, 5.41) is 11.1. The van der Waals surface area contributed by atoms with Gasteiger partial charge in [0.05, 0.1) is 6.42 Å². The molecule has 0 saturated carbocycles. The number of Topliss-reactive ketones (excluding diaryl/α,β-unsaturated/α-hetero) is 1. The van der Waals surface area contributed by atoms with Crippen LogP contribution in [0.3, 0.4) is 0 Å². The highest BCUT2D eigenvalue weighted by molar-refractivity contribution is 7.17.